The van der Waals surface area contributed by atoms with E-state index in [4.69, 9.17) is 14.2 Å². The molecule has 6 nitrogen and oxygen atoms in total. The molecule has 0 bridgehead atoms. The molecule has 4 rings (SSSR count). The third-order valence-electron chi connectivity index (χ3n) is 5.75. The standard InChI is InChI=1S/C24H28N2O4/c1-25-9-11-26(12-10-25)19-6-4-17(5-7-19)14-18-8-13-30-22-16-20(28-2)15-21(29-3)23(22)24(18)27/h4-7,14-16H,8-13H2,1-3H3/b18-14+. The topological polar surface area (TPSA) is 51.2 Å². The molecule has 0 spiro atoms. The van der Waals surface area contributed by atoms with Gasteiger partial charge in [-0.3, -0.25) is 4.79 Å². The van der Waals surface area contributed by atoms with Crippen molar-refractivity contribution in [3.8, 4) is 17.2 Å². The van der Waals surface area contributed by atoms with Gasteiger partial charge in [0.15, 0.2) is 5.78 Å². The van der Waals surface area contributed by atoms with Crippen molar-refractivity contribution < 1.29 is 19.0 Å². The number of rotatable bonds is 4. The van der Waals surface area contributed by atoms with Crippen LogP contribution in [-0.2, 0) is 0 Å². The van der Waals surface area contributed by atoms with Crippen LogP contribution in [-0.4, -0.2) is 64.7 Å². The van der Waals surface area contributed by atoms with Gasteiger partial charge in [0, 0.05) is 56.0 Å². The van der Waals surface area contributed by atoms with Gasteiger partial charge in [-0.15, -0.1) is 0 Å². The fourth-order valence-electron chi connectivity index (χ4n) is 3.91. The van der Waals surface area contributed by atoms with Gasteiger partial charge in [-0.2, -0.15) is 0 Å². The largest absolute Gasteiger partial charge is 0.496 e. The van der Waals surface area contributed by atoms with Crippen molar-refractivity contribution in [3.63, 3.8) is 0 Å². The maximum absolute atomic E-state index is 13.3. The molecule has 2 aromatic carbocycles. The molecule has 30 heavy (non-hydrogen) atoms. The van der Waals surface area contributed by atoms with Gasteiger partial charge in [0.05, 0.1) is 20.8 Å². The number of piperazine rings is 1. The molecule has 0 aliphatic carbocycles. The monoisotopic (exact) mass is 408 g/mol. The molecule has 2 aliphatic rings. The molecule has 1 saturated heterocycles. The summed E-state index contributed by atoms with van der Waals surface area (Å²) in [5, 5.41) is 0. The van der Waals surface area contributed by atoms with Crippen molar-refractivity contribution in [2.45, 2.75) is 6.42 Å². The summed E-state index contributed by atoms with van der Waals surface area (Å²) in [4.78, 5) is 18.0. The first-order valence-electron chi connectivity index (χ1n) is 10.3. The van der Waals surface area contributed by atoms with Crippen molar-refractivity contribution in [2.24, 2.45) is 0 Å². The fraction of sp³-hybridized carbons (Fsp3) is 0.375. The Balaban J connectivity index is 1.59. The Morgan fingerprint density at radius 3 is 2.40 bits per heavy atom. The minimum atomic E-state index is -0.0647. The first kappa shape index (κ1) is 20.3. The molecule has 2 aliphatic heterocycles. The summed E-state index contributed by atoms with van der Waals surface area (Å²) in [5.41, 5.74) is 3.40. The zero-order chi connectivity index (χ0) is 21.1. The summed E-state index contributed by atoms with van der Waals surface area (Å²) in [6, 6.07) is 11.9. The van der Waals surface area contributed by atoms with Gasteiger partial charge in [0.2, 0.25) is 0 Å². The van der Waals surface area contributed by atoms with Crippen LogP contribution in [0.1, 0.15) is 22.3 Å². The summed E-state index contributed by atoms with van der Waals surface area (Å²) in [6.07, 6.45) is 2.50. The van der Waals surface area contributed by atoms with E-state index in [1.165, 1.54) is 5.69 Å². The number of hydrogen-bond acceptors (Lipinski definition) is 6. The normalized spacial score (nSPS) is 18.6. The predicted octanol–water partition coefficient (Wildman–Crippen LogP) is 3.50. The minimum absolute atomic E-state index is 0.0647. The van der Waals surface area contributed by atoms with Crippen molar-refractivity contribution >= 4 is 17.5 Å². The summed E-state index contributed by atoms with van der Waals surface area (Å²) in [7, 11) is 5.29. The zero-order valence-electron chi connectivity index (χ0n) is 17.8. The second-order valence-corrected chi connectivity index (χ2v) is 7.68. The van der Waals surface area contributed by atoms with Crippen LogP contribution >= 0.6 is 0 Å². The third-order valence-corrected chi connectivity index (χ3v) is 5.75. The number of ketones is 1. The lowest BCUT2D eigenvalue weighted by atomic mass is 9.98. The molecule has 1 fully saturated rings. The van der Waals surface area contributed by atoms with Gasteiger partial charge < -0.3 is 24.0 Å². The molecule has 0 amide bonds. The lowest BCUT2D eigenvalue weighted by Crippen LogP contribution is -2.44. The highest BCUT2D eigenvalue weighted by Gasteiger charge is 2.26. The number of nitrogens with zero attached hydrogens (tertiary/aromatic N) is 2. The molecule has 6 heteroatoms. The molecule has 0 saturated carbocycles. The second-order valence-electron chi connectivity index (χ2n) is 7.68. The number of carbonyl (C=O) groups is 1. The van der Waals surface area contributed by atoms with Crippen molar-refractivity contribution in [2.75, 3.05) is 59.0 Å². The smallest absolute Gasteiger partial charge is 0.196 e. The Kier molecular flexibility index (Phi) is 5.95. The van der Waals surface area contributed by atoms with Gasteiger partial charge in [-0.25, -0.2) is 0 Å². The first-order valence-corrected chi connectivity index (χ1v) is 10.3. The van der Waals surface area contributed by atoms with Gasteiger partial charge in [0.1, 0.15) is 22.8 Å². The van der Waals surface area contributed by atoms with Crippen LogP contribution in [0.25, 0.3) is 6.08 Å². The average molecular weight is 408 g/mol. The SMILES string of the molecule is COc1cc(OC)c2c(c1)OCC/C(=C\c1ccc(N3CCN(C)CC3)cc1)C2=O. The van der Waals surface area contributed by atoms with E-state index in [0.717, 1.165) is 31.7 Å². The highest BCUT2D eigenvalue weighted by molar-refractivity contribution is 6.15. The average Bonchev–Trinajstić information content (AvgIpc) is 2.93. The van der Waals surface area contributed by atoms with E-state index in [9.17, 15) is 4.79 Å². The maximum atomic E-state index is 13.3. The van der Waals surface area contributed by atoms with E-state index in [2.05, 4.69) is 41.1 Å². The van der Waals surface area contributed by atoms with E-state index in [1.807, 2.05) is 6.08 Å². The number of carbonyl (C=O) groups excluding carboxylic acids is 1. The summed E-state index contributed by atoms with van der Waals surface area (Å²) >= 11 is 0. The Labute approximate surface area is 177 Å². The number of anilines is 1. The van der Waals surface area contributed by atoms with Crippen LogP contribution in [0.5, 0.6) is 17.2 Å². The number of methoxy groups -OCH3 is 2. The van der Waals surface area contributed by atoms with E-state index >= 15 is 0 Å². The minimum Gasteiger partial charge on any atom is -0.496 e. The Morgan fingerprint density at radius 1 is 1.00 bits per heavy atom. The number of benzene rings is 2. The Hall–Kier alpha value is -2.99. The molecule has 0 unspecified atom stereocenters. The second kappa shape index (κ2) is 8.79. The molecule has 2 aromatic rings. The molecule has 0 atom stereocenters. The Bertz CT molecular complexity index is 944. The van der Waals surface area contributed by atoms with Gasteiger partial charge in [-0.05, 0) is 30.8 Å². The lowest BCUT2D eigenvalue weighted by molar-refractivity contribution is 0.103. The van der Waals surface area contributed by atoms with Crippen LogP contribution in [0.2, 0.25) is 0 Å². The number of likely N-dealkylation sites (N-methyl/N-ethyl adjacent to an activating group) is 1. The molecule has 0 aromatic heterocycles. The molecule has 0 N–H and O–H groups in total. The highest BCUT2D eigenvalue weighted by Crippen LogP contribution is 2.38. The quantitative estimate of drug-likeness (QED) is 0.722. The van der Waals surface area contributed by atoms with Crippen LogP contribution in [0.3, 0.4) is 0 Å². The Morgan fingerprint density at radius 2 is 1.73 bits per heavy atom. The molecular weight excluding hydrogens is 380 g/mol. The van der Waals surface area contributed by atoms with Gasteiger partial charge in [0.25, 0.3) is 0 Å². The molecular formula is C24H28N2O4. The van der Waals surface area contributed by atoms with Crippen molar-refractivity contribution in [3.05, 3.63) is 53.1 Å². The van der Waals surface area contributed by atoms with E-state index in [-0.39, 0.29) is 5.78 Å². The van der Waals surface area contributed by atoms with Gasteiger partial charge in [-0.1, -0.05) is 12.1 Å². The predicted molar refractivity (Wildman–Crippen MR) is 118 cm³/mol. The number of hydrogen-bond donors (Lipinski definition) is 0. The van der Waals surface area contributed by atoms with Crippen LogP contribution in [0.15, 0.2) is 42.0 Å². The molecule has 2 heterocycles. The molecule has 0 radical (unpaired) electrons. The van der Waals surface area contributed by atoms with Crippen molar-refractivity contribution in [1.82, 2.24) is 4.90 Å². The summed E-state index contributed by atoms with van der Waals surface area (Å²) in [6.45, 7) is 4.65. The lowest BCUT2D eigenvalue weighted by Gasteiger charge is -2.34. The number of ether oxygens (including phenoxy) is 3. The highest BCUT2D eigenvalue weighted by atomic mass is 16.5. The van der Waals surface area contributed by atoms with Crippen LogP contribution < -0.4 is 19.1 Å². The number of fused-ring (bicyclic) bond motifs is 1. The van der Waals surface area contributed by atoms with Crippen LogP contribution in [0.4, 0.5) is 5.69 Å². The number of Topliss-reactive ketones (excluding diaryl/α,β-unsaturated/α-hetero) is 1. The zero-order valence-corrected chi connectivity index (χ0v) is 17.8. The fourth-order valence-corrected chi connectivity index (χ4v) is 3.91. The summed E-state index contributed by atoms with van der Waals surface area (Å²) < 4.78 is 16.6. The van der Waals surface area contributed by atoms with Crippen molar-refractivity contribution in [1.29, 1.82) is 0 Å². The molecule has 158 valence electrons. The van der Waals surface area contributed by atoms with E-state index in [0.29, 0.717) is 41.4 Å². The van der Waals surface area contributed by atoms with Crippen LogP contribution in [0, 0.1) is 0 Å². The third kappa shape index (κ3) is 4.14. The first-order chi connectivity index (χ1) is 14.6. The maximum Gasteiger partial charge on any atom is 0.196 e. The summed E-state index contributed by atoms with van der Waals surface area (Å²) in [5.74, 6) is 1.51. The van der Waals surface area contributed by atoms with Gasteiger partial charge >= 0.3 is 0 Å². The van der Waals surface area contributed by atoms with E-state index in [1.54, 1.807) is 26.4 Å². The van der Waals surface area contributed by atoms with E-state index < -0.39 is 0 Å².